The molecule has 0 aliphatic heterocycles. The molecule has 0 saturated heterocycles. The number of hydrogen-bond acceptors (Lipinski definition) is 1. The van der Waals surface area contributed by atoms with E-state index in [-0.39, 0.29) is 0 Å². The van der Waals surface area contributed by atoms with E-state index < -0.39 is 0 Å². The summed E-state index contributed by atoms with van der Waals surface area (Å²) in [4.78, 5) is 2.27. The summed E-state index contributed by atoms with van der Waals surface area (Å²) < 4.78 is 0.664. The number of rotatable bonds is 3. The van der Waals surface area contributed by atoms with Crippen molar-refractivity contribution in [3.8, 4) is 0 Å². The minimum atomic E-state index is 0.664. The van der Waals surface area contributed by atoms with E-state index in [1.165, 1.54) is 0 Å². The van der Waals surface area contributed by atoms with Crippen molar-refractivity contribution in [1.29, 1.82) is 0 Å². The van der Waals surface area contributed by atoms with Gasteiger partial charge in [-0.1, -0.05) is 43.4 Å². The van der Waals surface area contributed by atoms with Gasteiger partial charge in [0.1, 0.15) is 0 Å². The van der Waals surface area contributed by atoms with Crippen molar-refractivity contribution in [2.24, 2.45) is 11.8 Å². The van der Waals surface area contributed by atoms with E-state index in [1.807, 2.05) is 0 Å². The Hall–Kier alpha value is 0.690. The van der Waals surface area contributed by atoms with Crippen molar-refractivity contribution in [3.05, 3.63) is 0 Å². The highest BCUT2D eigenvalue weighted by atomic mass is 127. The molecule has 0 aliphatic carbocycles. The van der Waals surface area contributed by atoms with Gasteiger partial charge in [-0.3, -0.25) is 4.90 Å². The topological polar surface area (TPSA) is 3.24 Å². The Morgan fingerprint density at radius 3 is 1.60 bits per heavy atom. The van der Waals surface area contributed by atoms with Gasteiger partial charge < -0.3 is 0 Å². The summed E-state index contributed by atoms with van der Waals surface area (Å²) in [5, 5.41) is 0. The smallest absolute Gasteiger partial charge is 0.0641 e. The van der Waals surface area contributed by atoms with Crippen LogP contribution in [0.15, 0.2) is 0 Å². The highest BCUT2D eigenvalue weighted by molar-refractivity contribution is 14.1. The molecule has 0 aromatic rings. The highest BCUT2D eigenvalue weighted by Crippen LogP contribution is 2.22. The number of nitrogens with zero attached hydrogens (tertiary/aromatic N) is 1. The molecule has 0 aromatic carbocycles. The summed E-state index contributed by atoms with van der Waals surface area (Å²) >= 11 is 2.50. The first-order valence-electron chi connectivity index (χ1n) is 3.77. The van der Waals surface area contributed by atoms with Gasteiger partial charge in [0.25, 0.3) is 0 Å². The van der Waals surface area contributed by atoms with Gasteiger partial charge in [0.05, 0.1) is 4.05 Å². The predicted octanol–water partition coefficient (Wildman–Crippen LogP) is 2.60. The van der Waals surface area contributed by atoms with E-state index in [0.29, 0.717) is 4.05 Å². The molecule has 1 nitrogen and oxygen atoms in total. The highest BCUT2D eigenvalue weighted by Gasteiger charge is 2.18. The van der Waals surface area contributed by atoms with Crippen LogP contribution in [0.4, 0.5) is 0 Å². The lowest BCUT2D eigenvalue weighted by molar-refractivity contribution is 0.271. The molecule has 10 heavy (non-hydrogen) atoms. The van der Waals surface area contributed by atoms with Crippen molar-refractivity contribution in [2.45, 2.75) is 24.8 Å². The summed E-state index contributed by atoms with van der Waals surface area (Å²) in [5.74, 6) is 1.56. The molecule has 0 N–H and O–H groups in total. The standard InChI is InChI=1S/C8H18IN/c1-6(2)7(3)8(9)10(4)5/h6-8H,1-5H3. The molecular weight excluding hydrogens is 237 g/mol. The van der Waals surface area contributed by atoms with Crippen LogP contribution in [0.2, 0.25) is 0 Å². The zero-order valence-corrected chi connectivity index (χ0v) is 9.71. The number of halogens is 1. The maximum atomic E-state index is 2.50. The lowest BCUT2D eigenvalue weighted by Gasteiger charge is -2.27. The van der Waals surface area contributed by atoms with Crippen LogP contribution in [-0.4, -0.2) is 23.0 Å². The van der Waals surface area contributed by atoms with Gasteiger partial charge in [0.2, 0.25) is 0 Å². The van der Waals surface area contributed by atoms with Crippen LogP contribution in [0.3, 0.4) is 0 Å². The Labute approximate surface area is 78.3 Å². The largest absolute Gasteiger partial charge is 0.298 e. The molecule has 0 heterocycles. The van der Waals surface area contributed by atoms with Gasteiger partial charge in [-0.15, -0.1) is 0 Å². The maximum absolute atomic E-state index is 2.50. The zero-order chi connectivity index (χ0) is 8.31. The number of hydrogen-bond donors (Lipinski definition) is 0. The molecule has 0 spiro atoms. The van der Waals surface area contributed by atoms with Gasteiger partial charge in [-0.05, 0) is 25.9 Å². The van der Waals surface area contributed by atoms with Crippen LogP contribution >= 0.6 is 22.6 Å². The molecule has 2 atom stereocenters. The third kappa shape index (κ3) is 3.19. The number of alkyl halides is 1. The van der Waals surface area contributed by atoms with Crippen LogP contribution in [0.5, 0.6) is 0 Å². The van der Waals surface area contributed by atoms with Crippen LogP contribution < -0.4 is 0 Å². The van der Waals surface area contributed by atoms with Gasteiger partial charge in [-0.25, -0.2) is 0 Å². The SMILES string of the molecule is CC(C)C(C)C(I)N(C)C. The van der Waals surface area contributed by atoms with Crippen molar-refractivity contribution in [1.82, 2.24) is 4.90 Å². The molecule has 2 unspecified atom stereocenters. The third-order valence-electron chi connectivity index (χ3n) is 1.98. The van der Waals surface area contributed by atoms with Crippen LogP contribution in [-0.2, 0) is 0 Å². The molecule has 2 heteroatoms. The minimum absolute atomic E-state index is 0.664. The summed E-state index contributed by atoms with van der Waals surface area (Å²) in [6.07, 6.45) is 0. The Morgan fingerprint density at radius 1 is 1.10 bits per heavy atom. The van der Waals surface area contributed by atoms with E-state index in [9.17, 15) is 0 Å². The Morgan fingerprint density at radius 2 is 1.50 bits per heavy atom. The zero-order valence-electron chi connectivity index (χ0n) is 7.56. The third-order valence-corrected chi connectivity index (χ3v) is 4.23. The van der Waals surface area contributed by atoms with Crippen molar-refractivity contribution in [2.75, 3.05) is 14.1 Å². The van der Waals surface area contributed by atoms with Crippen molar-refractivity contribution in [3.63, 3.8) is 0 Å². The summed E-state index contributed by atoms with van der Waals surface area (Å²) in [7, 11) is 4.27. The monoisotopic (exact) mass is 255 g/mol. The van der Waals surface area contributed by atoms with Gasteiger partial charge in [0.15, 0.2) is 0 Å². The second kappa shape index (κ2) is 4.54. The lowest BCUT2D eigenvalue weighted by Crippen LogP contribution is -2.30. The minimum Gasteiger partial charge on any atom is -0.298 e. The first kappa shape index (κ1) is 10.7. The lowest BCUT2D eigenvalue weighted by atomic mass is 9.98. The molecular formula is C8H18IN. The summed E-state index contributed by atoms with van der Waals surface area (Å²) in [6.45, 7) is 6.86. The van der Waals surface area contributed by atoms with Crippen molar-refractivity contribution < 1.29 is 0 Å². The second-order valence-corrected chi connectivity index (χ2v) is 4.72. The maximum Gasteiger partial charge on any atom is 0.0641 e. The molecule has 0 bridgehead atoms. The van der Waals surface area contributed by atoms with Gasteiger partial charge in [0, 0.05) is 0 Å². The van der Waals surface area contributed by atoms with E-state index in [1.54, 1.807) is 0 Å². The first-order chi connectivity index (χ1) is 4.46. The second-order valence-electron chi connectivity index (χ2n) is 3.44. The average Bonchev–Trinajstić information content (AvgIpc) is 1.84. The Balaban J connectivity index is 3.81. The molecule has 0 amide bonds. The molecule has 62 valence electrons. The van der Waals surface area contributed by atoms with E-state index in [4.69, 9.17) is 0 Å². The van der Waals surface area contributed by atoms with E-state index in [2.05, 4.69) is 62.4 Å². The summed E-state index contributed by atoms with van der Waals surface area (Å²) in [6, 6.07) is 0. The van der Waals surface area contributed by atoms with E-state index in [0.717, 1.165) is 11.8 Å². The fourth-order valence-electron chi connectivity index (χ4n) is 0.788. The Bertz CT molecular complexity index is 79.3. The van der Waals surface area contributed by atoms with Crippen molar-refractivity contribution >= 4 is 22.6 Å². The fraction of sp³-hybridized carbons (Fsp3) is 1.00. The first-order valence-corrected chi connectivity index (χ1v) is 5.02. The van der Waals surface area contributed by atoms with Gasteiger partial charge in [-0.2, -0.15) is 0 Å². The molecule has 0 saturated carbocycles. The molecule has 0 radical (unpaired) electrons. The van der Waals surface area contributed by atoms with Crippen LogP contribution in [0, 0.1) is 11.8 Å². The molecule has 0 aliphatic rings. The molecule has 0 fully saturated rings. The fourth-order valence-corrected chi connectivity index (χ4v) is 1.62. The molecule has 0 aromatic heterocycles. The normalized spacial score (nSPS) is 18.0. The predicted molar refractivity (Wildman–Crippen MR) is 55.5 cm³/mol. The summed E-state index contributed by atoms with van der Waals surface area (Å²) in [5.41, 5.74) is 0. The molecule has 0 rings (SSSR count). The quantitative estimate of drug-likeness (QED) is 0.425. The van der Waals surface area contributed by atoms with Crippen LogP contribution in [0.1, 0.15) is 20.8 Å². The Kier molecular flexibility index (Phi) is 4.86. The average molecular weight is 255 g/mol. The van der Waals surface area contributed by atoms with E-state index >= 15 is 0 Å². The van der Waals surface area contributed by atoms with Gasteiger partial charge >= 0.3 is 0 Å². The van der Waals surface area contributed by atoms with Crippen LogP contribution in [0.25, 0.3) is 0 Å².